The second kappa shape index (κ2) is 7.11. The van der Waals surface area contributed by atoms with Crippen LogP contribution in [0.15, 0.2) is 91.3 Å². The standard InChI is InChI=1S/C16H11BrN2S2/c17-15-16(21-13-9-5-2-6-10-13)18-11-14(19-15)20-12-7-3-1-4-8-12/h1-11H. The summed E-state index contributed by atoms with van der Waals surface area (Å²) in [5.41, 5.74) is 0. The van der Waals surface area contributed by atoms with Gasteiger partial charge in [-0.3, -0.25) is 0 Å². The van der Waals surface area contributed by atoms with Crippen LogP contribution in [0.5, 0.6) is 0 Å². The Kier molecular flexibility index (Phi) is 4.95. The first-order valence-corrected chi connectivity index (χ1v) is 8.72. The smallest absolute Gasteiger partial charge is 0.139 e. The van der Waals surface area contributed by atoms with Crippen LogP contribution in [0.3, 0.4) is 0 Å². The van der Waals surface area contributed by atoms with Crippen LogP contribution >= 0.6 is 39.5 Å². The van der Waals surface area contributed by atoms with Crippen molar-refractivity contribution in [3.8, 4) is 0 Å². The highest BCUT2D eigenvalue weighted by molar-refractivity contribution is 9.10. The van der Waals surface area contributed by atoms with Crippen LogP contribution in [-0.2, 0) is 0 Å². The van der Waals surface area contributed by atoms with Gasteiger partial charge in [0.2, 0.25) is 0 Å². The van der Waals surface area contributed by atoms with Crippen molar-refractivity contribution in [3.63, 3.8) is 0 Å². The molecule has 1 heterocycles. The molecule has 3 aromatic rings. The molecule has 0 amide bonds. The topological polar surface area (TPSA) is 25.8 Å². The molecule has 0 atom stereocenters. The molecular weight excluding hydrogens is 364 g/mol. The van der Waals surface area contributed by atoms with Gasteiger partial charge in [-0.1, -0.05) is 59.9 Å². The summed E-state index contributed by atoms with van der Waals surface area (Å²) in [5.74, 6) is 0. The van der Waals surface area contributed by atoms with Crippen LogP contribution in [0.4, 0.5) is 0 Å². The van der Waals surface area contributed by atoms with Gasteiger partial charge in [0.1, 0.15) is 14.7 Å². The summed E-state index contributed by atoms with van der Waals surface area (Å²) in [7, 11) is 0. The van der Waals surface area contributed by atoms with Crippen molar-refractivity contribution in [3.05, 3.63) is 71.5 Å². The van der Waals surface area contributed by atoms with Gasteiger partial charge in [-0.15, -0.1) is 0 Å². The molecule has 2 nitrogen and oxygen atoms in total. The van der Waals surface area contributed by atoms with E-state index < -0.39 is 0 Å². The number of halogens is 1. The number of aromatic nitrogens is 2. The normalized spacial score (nSPS) is 10.5. The maximum atomic E-state index is 4.56. The molecule has 5 heteroatoms. The van der Waals surface area contributed by atoms with Gasteiger partial charge in [0.05, 0.1) is 6.20 Å². The van der Waals surface area contributed by atoms with E-state index >= 15 is 0 Å². The highest BCUT2D eigenvalue weighted by atomic mass is 79.9. The first-order valence-electron chi connectivity index (χ1n) is 6.29. The Morgan fingerprint density at radius 1 is 0.762 bits per heavy atom. The molecule has 0 saturated carbocycles. The lowest BCUT2D eigenvalue weighted by Gasteiger charge is -2.05. The monoisotopic (exact) mass is 374 g/mol. The van der Waals surface area contributed by atoms with Crippen molar-refractivity contribution in [2.24, 2.45) is 0 Å². The van der Waals surface area contributed by atoms with Gasteiger partial charge in [-0.2, -0.15) is 0 Å². The van der Waals surface area contributed by atoms with E-state index in [1.54, 1.807) is 23.5 Å². The van der Waals surface area contributed by atoms with Gasteiger partial charge in [0.25, 0.3) is 0 Å². The van der Waals surface area contributed by atoms with E-state index in [2.05, 4.69) is 50.2 Å². The fraction of sp³-hybridized carbons (Fsp3) is 0. The fourth-order valence-corrected chi connectivity index (χ4v) is 3.85. The third-order valence-electron chi connectivity index (χ3n) is 2.60. The van der Waals surface area contributed by atoms with Gasteiger partial charge in [0, 0.05) is 9.79 Å². The molecule has 0 aliphatic rings. The lowest BCUT2D eigenvalue weighted by atomic mass is 10.4. The molecule has 21 heavy (non-hydrogen) atoms. The molecule has 2 aromatic carbocycles. The molecule has 0 N–H and O–H groups in total. The predicted octanol–water partition coefficient (Wildman–Crippen LogP) is 5.54. The van der Waals surface area contributed by atoms with Crippen molar-refractivity contribution >= 4 is 39.5 Å². The van der Waals surface area contributed by atoms with E-state index in [1.165, 1.54) is 0 Å². The number of hydrogen-bond donors (Lipinski definition) is 0. The highest BCUT2D eigenvalue weighted by Crippen LogP contribution is 2.33. The Hall–Kier alpha value is -1.30. The van der Waals surface area contributed by atoms with Crippen LogP contribution < -0.4 is 0 Å². The minimum Gasteiger partial charge on any atom is -0.244 e. The van der Waals surface area contributed by atoms with E-state index in [4.69, 9.17) is 0 Å². The number of rotatable bonds is 4. The van der Waals surface area contributed by atoms with Crippen molar-refractivity contribution in [2.45, 2.75) is 19.8 Å². The van der Waals surface area contributed by atoms with E-state index in [0.29, 0.717) is 0 Å². The Morgan fingerprint density at radius 3 is 1.90 bits per heavy atom. The summed E-state index contributed by atoms with van der Waals surface area (Å²) in [6, 6.07) is 20.3. The van der Waals surface area contributed by atoms with Crippen LogP contribution in [0.2, 0.25) is 0 Å². The van der Waals surface area contributed by atoms with Gasteiger partial charge in [-0.05, 0) is 40.2 Å². The van der Waals surface area contributed by atoms with E-state index in [-0.39, 0.29) is 0 Å². The Bertz CT molecular complexity index is 721. The molecule has 0 spiro atoms. The highest BCUT2D eigenvalue weighted by Gasteiger charge is 2.08. The number of hydrogen-bond acceptors (Lipinski definition) is 4. The molecule has 0 aliphatic carbocycles. The quantitative estimate of drug-likeness (QED) is 0.598. The van der Waals surface area contributed by atoms with E-state index in [1.807, 2.05) is 42.6 Å². The van der Waals surface area contributed by atoms with Crippen LogP contribution in [0, 0.1) is 0 Å². The second-order valence-electron chi connectivity index (χ2n) is 4.13. The van der Waals surface area contributed by atoms with Gasteiger partial charge in [-0.25, -0.2) is 9.97 Å². The number of nitrogens with zero attached hydrogens (tertiary/aromatic N) is 2. The minimum atomic E-state index is 0.775. The Morgan fingerprint density at radius 2 is 1.33 bits per heavy atom. The lowest BCUT2D eigenvalue weighted by Crippen LogP contribution is -1.89. The maximum absolute atomic E-state index is 4.56. The molecular formula is C16H11BrN2S2. The molecule has 0 fully saturated rings. The number of benzene rings is 2. The van der Waals surface area contributed by atoms with Crippen molar-refractivity contribution in [2.75, 3.05) is 0 Å². The van der Waals surface area contributed by atoms with Gasteiger partial charge in [0.15, 0.2) is 0 Å². The third kappa shape index (κ3) is 4.09. The van der Waals surface area contributed by atoms with E-state index in [9.17, 15) is 0 Å². The summed E-state index contributed by atoms with van der Waals surface area (Å²) in [6.07, 6.45) is 1.81. The Labute approximate surface area is 140 Å². The van der Waals surface area contributed by atoms with Gasteiger partial charge < -0.3 is 0 Å². The molecule has 3 rings (SSSR count). The fourth-order valence-electron chi connectivity index (χ4n) is 1.67. The minimum absolute atomic E-state index is 0.775. The first-order chi connectivity index (χ1) is 10.3. The van der Waals surface area contributed by atoms with Gasteiger partial charge >= 0.3 is 0 Å². The SMILES string of the molecule is Brc1nc(Sc2ccccc2)cnc1Sc1ccccc1. The maximum Gasteiger partial charge on any atom is 0.139 e. The molecule has 0 radical (unpaired) electrons. The summed E-state index contributed by atoms with van der Waals surface area (Å²) >= 11 is 6.71. The van der Waals surface area contributed by atoms with Crippen molar-refractivity contribution < 1.29 is 0 Å². The molecule has 0 saturated heterocycles. The molecule has 104 valence electrons. The zero-order valence-electron chi connectivity index (χ0n) is 10.9. The third-order valence-corrected chi connectivity index (χ3v) is 5.33. The summed E-state index contributed by atoms with van der Waals surface area (Å²) < 4.78 is 0.775. The van der Waals surface area contributed by atoms with Crippen molar-refractivity contribution in [1.29, 1.82) is 0 Å². The molecule has 1 aromatic heterocycles. The largest absolute Gasteiger partial charge is 0.244 e. The summed E-state index contributed by atoms with van der Waals surface area (Å²) in [5, 5.41) is 1.75. The zero-order valence-corrected chi connectivity index (χ0v) is 14.2. The van der Waals surface area contributed by atoms with Crippen LogP contribution in [0.1, 0.15) is 0 Å². The van der Waals surface area contributed by atoms with E-state index in [0.717, 1.165) is 24.4 Å². The van der Waals surface area contributed by atoms with Crippen molar-refractivity contribution in [1.82, 2.24) is 9.97 Å². The molecule has 0 bridgehead atoms. The van der Waals surface area contributed by atoms with Crippen LogP contribution in [-0.4, -0.2) is 9.97 Å². The lowest BCUT2D eigenvalue weighted by molar-refractivity contribution is 0.934. The Balaban J connectivity index is 1.77. The summed E-state index contributed by atoms with van der Waals surface area (Å²) in [4.78, 5) is 11.4. The zero-order chi connectivity index (χ0) is 14.5. The summed E-state index contributed by atoms with van der Waals surface area (Å²) in [6.45, 7) is 0. The second-order valence-corrected chi connectivity index (χ2v) is 7.04. The van der Waals surface area contributed by atoms with Crippen LogP contribution in [0.25, 0.3) is 0 Å². The molecule has 0 unspecified atom stereocenters. The first kappa shape index (κ1) is 14.6. The predicted molar refractivity (Wildman–Crippen MR) is 90.9 cm³/mol. The average molecular weight is 375 g/mol. The average Bonchev–Trinajstić information content (AvgIpc) is 2.52. The molecule has 0 aliphatic heterocycles.